The van der Waals surface area contributed by atoms with E-state index in [4.69, 9.17) is 0 Å². The molecule has 0 fully saturated rings. The number of hydrogen-bond acceptors (Lipinski definition) is 8. The predicted octanol–water partition coefficient (Wildman–Crippen LogP) is 30.4. The van der Waals surface area contributed by atoms with Gasteiger partial charge in [0, 0.05) is 130 Å². The van der Waals surface area contributed by atoms with Gasteiger partial charge in [0.1, 0.15) is 0 Å². The van der Waals surface area contributed by atoms with Gasteiger partial charge >= 0.3 is 0 Å². The SMILES string of the molecule is Cc1cc(-c2ccc(-c3[c-]cccc3)nc2)cc(C)c1C.Cc1ccc(-c2[c-]cccc2)nc1.Cc1ccc(-c2[c-]cccc2)nc1.Cc1ccc(-c2[c-]cccc2)nc1.Cc1ccc(-c2ccc(-c3[c-]cccc3)nc2)cc1.Cc1ccc(-c2ccc(-c3[c-]cccc3)nc2)cc1.Cc1cccc(-c2ccc(-c3[c-]cccc3)nc2)c1.Cc1cnc(-c2[c-]cccc2)cc1C.[Ir].[Ir].[Ir].[Ir]. The molecule has 0 saturated carbocycles. The van der Waals surface area contributed by atoms with Crippen LogP contribution < -0.4 is 0 Å². The zero-order valence-corrected chi connectivity index (χ0v) is 86.8. The maximum absolute atomic E-state index is 4.58. The van der Waals surface area contributed by atoms with Crippen molar-refractivity contribution < 1.29 is 80.4 Å². The van der Waals surface area contributed by atoms with Crippen molar-refractivity contribution in [3.8, 4) is 135 Å². The van der Waals surface area contributed by atoms with Crippen molar-refractivity contribution in [2.45, 2.75) is 76.2 Å². The van der Waals surface area contributed by atoms with Crippen LogP contribution in [-0.2, 0) is 80.4 Å². The van der Waals surface area contributed by atoms with Crippen molar-refractivity contribution in [1.82, 2.24) is 39.9 Å². The fourth-order valence-electron chi connectivity index (χ4n) is 13.5. The molecule has 0 saturated heterocycles. The number of aromatic nitrogens is 8. The molecule has 8 heterocycles. The van der Waals surface area contributed by atoms with Crippen molar-refractivity contribution in [3.63, 3.8) is 0 Å². The van der Waals surface area contributed by atoms with Gasteiger partial charge in [-0.1, -0.05) is 198 Å². The van der Waals surface area contributed by atoms with Gasteiger partial charge < -0.3 is 39.9 Å². The third-order valence-electron chi connectivity index (χ3n) is 21.4. The molecule has 12 aromatic carbocycles. The number of hydrogen-bond donors (Lipinski definition) is 0. The average Bonchev–Trinajstić information content (AvgIpc) is 0.799. The summed E-state index contributed by atoms with van der Waals surface area (Å²) in [4.78, 5) is 35.5. The van der Waals surface area contributed by atoms with Crippen LogP contribution in [0.1, 0.15) is 61.2 Å². The second-order valence-corrected chi connectivity index (χ2v) is 31.6. The monoisotopic (exact) mass is 2460 g/mol. The normalized spacial score (nSPS) is 9.95. The fourth-order valence-corrected chi connectivity index (χ4v) is 13.5. The van der Waals surface area contributed by atoms with Gasteiger partial charge in [0.05, 0.1) is 0 Å². The Balaban J connectivity index is 0.000000173. The van der Waals surface area contributed by atoms with E-state index in [1.54, 1.807) is 0 Å². The molecule has 0 atom stereocenters. The molecule has 135 heavy (non-hydrogen) atoms. The summed E-state index contributed by atoms with van der Waals surface area (Å²) in [6.45, 7) is 23.0. The Bertz CT molecular complexity index is 6470. The molecule has 0 aliphatic heterocycles. The Morgan fingerprint density at radius 2 is 0.385 bits per heavy atom. The number of pyridine rings is 8. The van der Waals surface area contributed by atoms with Gasteiger partial charge in [-0.2, -0.15) is 0 Å². The molecular formula is C123H102Ir4N8-8. The molecule has 0 aliphatic rings. The van der Waals surface area contributed by atoms with Crippen molar-refractivity contribution in [3.05, 3.63) is 529 Å². The molecule has 20 rings (SSSR count). The summed E-state index contributed by atoms with van der Waals surface area (Å²) in [7, 11) is 0. The molecule has 8 nitrogen and oxygen atoms in total. The topological polar surface area (TPSA) is 103 Å². The van der Waals surface area contributed by atoms with Crippen molar-refractivity contribution in [1.29, 1.82) is 0 Å². The summed E-state index contributed by atoms with van der Waals surface area (Å²) < 4.78 is 0. The first kappa shape index (κ1) is 105. The van der Waals surface area contributed by atoms with E-state index in [-0.39, 0.29) is 80.4 Å². The van der Waals surface area contributed by atoms with Crippen LogP contribution in [0.5, 0.6) is 0 Å². The Labute approximate surface area is 852 Å². The zero-order chi connectivity index (χ0) is 91.3. The second kappa shape index (κ2) is 55.2. The van der Waals surface area contributed by atoms with Crippen LogP contribution in [0.25, 0.3) is 135 Å². The van der Waals surface area contributed by atoms with Crippen LogP contribution in [0.3, 0.4) is 0 Å². The third kappa shape index (κ3) is 32.7. The van der Waals surface area contributed by atoms with Crippen LogP contribution in [0, 0.1) is 125 Å². The summed E-state index contributed by atoms with van der Waals surface area (Å²) in [5.74, 6) is 0. The van der Waals surface area contributed by atoms with E-state index in [2.05, 4.69) is 283 Å². The maximum atomic E-state index is 4.58. The smallest absolute Gasteiger partial charge is 0.0239 e. The summed E-state index contributed by atoms with van der Waals surface area (Å²) in [6.07, 6.45) is 15.2. The molecule has 0 spiro atoms. The van der Waals surface area contributed by atoms with E-state index >= 15 is 0 Å². The van der Waals surface area contributed by atoms with Gasteiger partial charge in [-0.3, -0.25) is 0 Å². The average molecular weight is 2460 g/mol. The van der Waals surface area contributed by atoms with E-state index in [0.29, 0.717) is 0 Å². The molecule has 0 amide bonds. The quantitative estimate of drug-likeness (QED) is 0.111. The minimum Gasteiger partial charge on any atom is -0.304 e. The fraction of sp³-hybridized carbons (Fsp3) is 0.0894. The molecule has 4 radical (unpaired) electrons. The molecule has 678 valence electrons. The van der Waals surface area contributed by atoms with Gasteiger partial charge in [0.2, 0.25) is 0 Å². The molecule has 12 heteroatoms. The zero-order valence-electron chi connectivity index (χ0n) is 77.2. The molecule has 20 aromatic rings. The van der Waals surface area contributed by atoms with E-state index in [1.165, 1.54) is 83.5 Å². The molecule has 0 N–H and O–H groups in total. The Morgan fingerprint density at radius 1 is 0.148 bits per heavy atom. The molecule has 0 bridgehead atoms. The summed E-state index contributed by atoms with van der Waals surface area (Å²) >= 11 is 0. The van der Waals surface area contributed by atoms with Gasteiger partial charge in [0.25, 0.3) is 0 Å². The van der Waals surface area contributed by atoms with Crippen molar-refractivity contribution >= 4 is 0 Å². The first-order valence-corrected chi connectivity index (χ1v) is 43.6. The number of nitrogens with zero attached hydrogens (tertiary/aromatic N) is 8. The largest absolute Gasteiger partial charge is 0.304 e. The minimum absolute atomic E-state index is 0. The molecule has 0 aliphatic carbocycles. The minimum atomic E-state index is 0. The Hall–Kier alpha value is -13.6. The Morgan fingerprint density at radius 3 is 0.622 bits per heavy atom. The van der Waals surface area contributed by atoms with Crippen LogP contribution in [0.4, 0.5) is 0 Å². The first-order chi connectivity index (χ1) is 64.0. The molecule has 8 aromatic heterocycles. The maximum Gasteiger partial charge on any atom is 0.0239 e. The molecule has 0 unspecified atom stereocenters. The van der Waals surface area contributed by atoms with E-state index < -0.39 is 0 Å². The first-order valence-electron chi connectivity index (χ1n) is 43.6. The predicted molar refractivity (Wildman–Crippen MR) is 542 cm³/mol. The summed E-state index contributed by atoms with van der Waals surface area (Å²) in [5.41, 5.74) is 39.3. The van der Waals surface area contributed by atoms with E-state index in [1.807, 2.05) is 301 Å². The van der Waals surface area contributed by atoms with E-state index in [0.717, 1.165) is 112 Å². The summed E-state index contributed by atoms with van der Waals surface area (Å²) in [5, 5.41) is 0. The molecular weight excluding hydrogens is 2360 g/mol. The van der Waals surface area contributed by atoms with Crippen LogP contribution in [0.15, 0.2) is 420 Å². The summed E-state index contributed by atoms with van der Waals surface area (Å²) in [6, 6.07) is 149. The standard InChI is InChI=1S/C20H18N.3C18H14N.C13H12N.3C12H10N.4Ir/c1-14-11-19(12-15(2)16(14)3)18-9-10-20(21-13-18)17-7-5-4-6-8-17;1-14-6-5-9-16(12-14)17-10-11-18(19-13-17)15-7-3-2-4-8-15;2*1-14-7-9-15(10-8-14)17-11-12-18(19-13-17)16-5-3-2-4-6-16;1-10-8-13(14-9-11(10)2)12-6-4-3-5-7-12;3*1-10-7-8-12(13-9-10)11-5-3-2-4-6-11;;;;/h4-7,9-13H,1-3H3;2-7,9-13H,1H3;2*2-5,7-13H,1H3;3-6,8-9H,1-2H3;3*2-5,7-9H,1H3;;;;/q8*-1;;;;. The van der Waals surface area contributed by atoms with Crippen molar-refractivity contribution in [2.75, 3.05) is 0 Å². The number of aryl methyl sites for hydroxylation is 10. The number of benzene rings is 12. The third-order valence-corrected chi connectivity index (χ3v) is 21.4. The second-order valence-electron chi connectivity index (χ2n) is 31.6. The van der Waals surface area contributed by atoms with Gasteiger partial charge in [0.15, 0.2) is 0 Å². The Kier molecular flexibility index (Phi) is 43.0. The van der Waals surface area contributed by atoms with Gasteiger partial charge in [-0.05, 0) is 205 Å². The van der Waals surface area contributed by atoms with Crippen LogP contribution >= 0.6 is 0 Å². The number of rotatable bonds is 12. The van der Waals surface area contributed by atoms with Crippen molar-refractivity contribution in [2.24, 2.45) is 0 Å². The van der Waals surface area contributed by atoms with E-state index in [9.17, 15) is 0 Å². The van der Waals surface area contributed by atoms with Gasteiger partial charge in [-0.15, -0.1) is 287 Å². The van der Waals surface area contributed by atoms with Crippen LogP contribution in [-0.4, -0.2) is 39.9 Å². The van der Waals surface area contributed by atoms with Gasteiger partial charge in [-0.25, -0.2) is 0 Å². The van der Waals surface area contributed by atoms with Crippen LogP contribution in [0.2, 0.25) is 0 Å².